The summed E-state index contributed by atoms with van der Waals surface area (Å²) >= 11 is 0. The Hall–Kier alpha value is -2.62. The number of fused-ring (bicyclic) bond motifs is 2. The van der Waals surface area contributed by atoms with E-state index in [1.807, 2.05) is 0 Å². The molecule has 3 N–H and O–H groups in total. The molecule has 218 valence electrons. The fourth-order valence-corrected chi connectivity index (χ4v) is 7.99. The minimum Gasteiger partial charge on any atom is -0.365 e. The standard InChI is InChI=1S/C30H46N8O2/c1-18-12-14-20(15-13-18)17-38-24-25(31-19(2)21-8-5-9-21)32-27(28-35-30(39)40-36-28)33-26(24)34-29(38)37-16-6-10-22-7-3-4-11-23(22)37/h18-23,28,36H,3-17H2,1-2H3,(H,35,39)(H,31,32,33)/t18?,19-,20?,22-,23+,28?/m1/s1. The molecule has 40 heavy (non-hydrogen) atoms. The van der Waals surface area contributed by atoms with Crippen LogP contribution < -0.4 is 21.0 Å². The smallest absolute Gasteiger partial charge is 0.365 e. The Balaban J connectivity index is 1.33. The summed E-state index contributed by atoms with van der Waals surface area (Å²) < 4.78 is 2.49. The SMILES string of the molecule is CC1CCC(Cn2c(N3CCC[C@H]4CCCC[C@@H]43)nc3nc(C4NOC(=O)N4)nc(N[C@H](C)C4CCC4)c32)CC1. The van der Waals surface area contributed by atoms with Crippen LogP contribution >= 0.6 is 0 Å². The maximum absolute atomic E-state index is 11.8. The normalized spacial score (nSPS) is 31.8. The molecular formula is C30H46N8O2. The van der Waals surface area contributed by atoms with E-state index in [4.69, 9.17) is 19.8 Å². The third-order valence-electron chi connectivity index (χ3n) is 10.7. The molecule has 3 saturated carbocycles. The van der Waals surface area contributed by atoms with Crippen LogP contribution in [0.25, 0.3) is 11.2 Å². The lowest BCUT2D eigenvalue weighted by molar-refractivity contribution is 0.120. The Morgan fingerprint density at radius 1 is 0.975 bits per heavy atom. The van der Waals surface area contributed by atoms with Crippen molar-refractivity contribution in [3.8, 4) is 0 Å². The summed E-state index contributed by atoms with van der Waals surface area (Å²) in [4.78, 5) is 34.8. The van der Waals surface area contributed by atoms with Gasteiger partial charge in [0, 0.05) is 25.2 Å². The highest BCUT2D eigenvalue weighted by molar-refractivity contribution is 5.86. The average molecular weight is 551 g/mol. The third kappa shape index (κ3) is 5.01. The molecule has 7 rings (SSSR count). The Kier molecular flexibility index (Phi) is 7.22. The molecule has 5 fully saturated rings. The van der Waals surface area contributed by atoms with E-state index in [1.165, 1.54) is 83.5 Å². The minimum absolute atomic E-state index is 0.308. The Bertz CT molecular complexity index is 1220. The van der Waals surface area contributed by atoms with Crippen molar-refractivity contribution in [2.45, 2.75) is 122 Å². The molecule has 2 aromatic rings. The van der Waals surface area contributed by atoms with Gasteiger partial charge in [-0.1, -0.05) is 39.0 Å². The van der Waals surface area contributed by atoms with Crippen LogP contribution in [0.4, 0.5) is 16.6 Å². The topological polar surface area (TPSA) is 109 Å². The number of hydrogen-bond donors (Lipinski definition) is 3. The summed E-state index contributed by atoms with van der Waals surface area (Å²) in [5, 5.41) is 6.59. The first kappa shape index (κ1) is 26.3. The van der Waals surface area contributed by atoms with Gasteiger partial charge in [0.05, 0.1) is 0 Å². The minimum atomic E-state index is -0.595. The quantitative estimate of drug-likeness (QED) is 0.406. The van der Waals surface area contributed by atoms with Crippen molar-refractivity contribution >= 4 is 29.0 Å². The predicted molar refractivity (Wildman–Crippen MR) is 155 cm³/mol. The molecule has 1 amide bonds. The van der Waals surface area contributed by atoms with Gasteiger partial charge in [0.15, 0.2) is 23.5 Å². The van der Waals surface area contributed by atoms with E-state index in [-0.39, 0.29) is 0 Å². The molecule has 3 aliphatic carbocycles. The number of nitrogens with one attached hydrogen (secondary N) is 3. The molecule has 0 spiro atoms. The summed E-state index contributed by atoms with van der Waals surface area (Å²) in [6, 6.07) is 0.869. The second-order valence-electron chi connectivity index (χ2n) is 13.4. The summed E-state index contributed by atoms with van der Waals surface area (Å²) in [5.74, 6) is 5.28. The number of amides is 1. The zero-order valence-corrected chi connectivity index (χ0v) is 24.2. The summed E-state index contributed by atoms with van der Waals surface area (Å²) in [6.45, 7) is 6.69. The van der Waals surface area contributed by atoms with E-state index in [9.17, 15) is 4.79 Å². The van der Waals surface area contributed by atoms with Crippen molar-refractivity contribution in [1.29, 1.82) is 0 Å². The molecule has 2 saturated heterocycles. The van der Waals surface area contributed by atoms with Crippen LogP contribution in [-0.4, -0.2) is 44.2 Å². The summed E-state index contributed by atoms with van der Waals surface area (Å²) in [7, 11) is 0. The number of nitrogens with zero attached hydrogens (tertiary/aromatic N) is 5. The van der Waals surface area contributed by atoms with Crippen molar-refractivity contribution in [2.24, 2.45) is 23.7 Å². The highest BCUT2D eigenvalue weighted by atomic mass is 16.7. The monoisotopic (exact) mass is 550 g/mol. The van der Waals surface area contributed by atoms with Crippen molar-refractivity contribution in [2.75, 3.05) is 16.8 Å². The molecule has 10 nitrogen and oxygen atoms in total. The van der Waals surface area contributed by atoms with E-state index < -0.39 is 12.3 Å². The van der Waals surface area contributed by atoms with Gasteiger partial charge in [-0.15, -0.1) is 5.48 Å². The molecule has 4 heterocycles. The third-order valence-corrected chi connectivity index (χ3v) is 10.7. The van der Waals surface area contributed by atoms with Crippen molar-refractivity contribution < 1.29 is 9.63 Å². The van der Waals surface area contributed by atoms with Crippen LogP contribution in [0.1, 0.15) is 109 Å². The first-order valence-corrected chi connectivity index (χ1v) is 16.1. The van der Waals surface area contributed by atoms with Gasteiger partial charge in [-0.2, -0.15) is 4.98 Å². The van der Waals surface area contributed by atoms with Crippen LogP contribution in [-0.2, 0) is 11.4 Å². The van der Waals surface area contributed by atoms with Crippen LogP contribution in [0.2, 0.25) is 0 Å². The van der Waals surface area contributed by atoms with Gasteiger partial charge >= 0.3 is 6.09 Å². The van der Waals surface area contributed by atoms with Crippen LogP contribution in [0.3, 0.4) is 0 Å². The molecule has 0 radical (unpaired) electrons. The van der Waals surface area contributed by atoms with Gasteiger partial charge in [-0.3, -0.25) is 5.32 Å². The summed E-state index contributed by atoms with van der Waals surface area (Å²) in [6.07, 6.45) is 15.7. The van der Waals surface area contributed by atoms with E-state index in [0.717, 1.165) is 42.2 Å². The lowest BCUT2D eigenvalue weighted by atomic mass is 9.78. The van der Waals surface area contributed by atoms with Gasteiger partial charge < -0.3 is 19.6 Å². The van der Waals surface area contributed by atoms with Gasteiger partial charge in [0.1, 0.15) is 5.52 Å². The van der Waals surface area contributed by atoms with Crippen LogP contribution in [0.5, 0.6) is 0 Å². The zero-order valence-electron chi connectivity index (χ0n) is 24.2. The van der Waals surface area contributed by atoms with Gasteiger partial charge in [-0.25, -0.2) is 14.8 Å². The number of aromatic nitrogens is 4. The number of anilines is 2. The molecule has 10 heteroatoms. The maximum Gasteiger partial charge on any atom is 0.427 e. The zero-order chi connectivity index (χ0) is 27.2. The van der Waals surface area contributed by atoms with E-state index >= 15 is 0 Å². The van der Waals surface area contributed by atoms with E-state index in [1.54, 1.807) is 0 Å². The van der Waals surface area contributed by atoms with Crippen molar-refractivity contribution in [1.82, 2.24) is 30.3 Å². The van der Waals surface area contributed by atoms with Crippen LogP contribution in [0, 0.1) is 23.7 Å². The Labute approximate surface area is 237 Å². The number of carbonyl (C=O) groups is 1. The number of imidazole rings is 1. The highest BCUT2D eigenvalue weighted by Crippen LogP contribution is 2.41. The molecular weight excluding hydrogens is 504 g/mol. The second-order valence-corrected chi connectivity index (χ2v) is 13.4. The molecule has 2 aliphatic heterocycles. The lowest BCUT2D eigenvalue weighted by Gasteiger charge is -2.45. The molecule has 0 aromatic carbocycles. The number of piperidine rings is 1. The predicted octanol–water partition coefficient (Wildman–Crippen LogP) is 5.66. The lowest BCUT2D eigenvalue weighted by Crippen LogP contribution is -2.48. The van der Waals surface area contributed by atoms with Crippen molar-refractivity contribution in [3.63, 3.8) is 0 Å². The van der Waals surface area contributed by atoms with Crippen LogP contribution in [0.15, 0.2) is 0 Å². The van der Waals surface area contributed by atoms with Crippen molar-refractivity contribution in [3.05, 3.63) is 5.82 Å². The average Bonchev–Trinajstić information content (AvgIpc) is 3.52. The fraction of sp³-hybridized carbons (Fsp3) is 0.800. The molecule has 5 aliphatic rings. The van der Waals surface area contributed by atoms with Gasteiger partial charge in [-0.05, 0) is 82.0 Å². The fourth-order valence-electron chi connectivity index (χ4n) is 7.99. The number of hydrogen-bond acceptors (Lipinski definition) is 8. The first-order valence-electron chi connectivity index (χ1n) is 16.1. The molecule has 1 unspecified atom stereocenters. The second kappa shape index (κ2) is 11.0. The first-order chi connectivity index (χ1) is 19.5. The molecule has 4 atom stereocenters. The van der Waals surface area contributed by atoms with Gasteiger partial charge in [0.25, 0.3) is 0 Å². The number of rotatable bonds is 7. The number of carbonyl (C=O) groups excluding carboxylic acids is 1. The molecule has 0 bridgehead atoms. The van der Waals surface area contributed by atoms with E-state index in [0.29, 0.717) is 35.4 Å². The Morgan fingerprint density at radius 3 is 2.52 bits per heavy atom. The largest absolute Gasteiger partial charge is 0.427 e. The van der Waals surface area contributed by atoms with E-state index in [2.05, 4.69) is 39.4 Å². The maximum atomic E-state index is 11.8. The molecule has 2 aromatic heterocycles. The summed E-state index contributed by atoms with van der Waals surface area (Å²) in [5.41, 5.74) is 4.48. The Morgan fingerprint density at radius 2 is 1.77 bits per heavy atom. The number of hydroxylamine groups is 1. The highest BCUT2D eigenvalue weighted by Gasteiger charge is 2.37. The van der Waals surface area contributed by atoms with Gasteiger partial charge in [0.2, 0.25) is 5.95 Å².